The van der Waals surface area contributed by atoms with Gasteiger partial charge < -0.3 is 9.47 Å². The van der Waals surface area contributed by atoms with Crippen LogP contribution in [0.15, 0.2) is 0 Å². The number of imide groups is 1. The fraction of sp³-hybridized carbons (Fsp3) is 0.700. The molecule has 1 rings (SSSR count). The molecule has 0 bridgehead atoms. The number of hydrogen-bond donors (Lipinski definition) is 0. The zero-order chi connectivity index (χ0) is 12.0. The van der Waals surface area contributed by atoms with Crippen LogP contribution in [0.4, 0.5) is 0 Å². The van der Waals surface area contributed by atoms with E-state index in [9.17, 15) is 14.4 Å². The summed E-state index contributed by atoms with van der Waals surface area (Å²) in [6.07, 6.45) is 0.371. The molecular formula is C10H15NO5. The third-order valence-corrected chi connectivity index (χ3v) is 2.14. The van der Waals surface area contributed by atoms with Crippen molar-refractivity contribution in [2.24, 2.45) is 0 Å². The molecule has 0 unspecified atom stereocenters. The standard InChI is InChI=1S/C10H15NO5/c1-2-15-5-6-16-10(14)7-11-8(12)3-4-9(11)13/h2-7H2,1H3. The van der Waals surface area contributed by atoms with E-state index in [0.29, 0.717) is 13.2 Å². The van der Waals surface area contributed by atoms with Crippen molar-refractivity contribution in [3.05, 3.63) is 0 Å². The van der Waals surface area contributed by atoms with Gasteiger partial charge >= 0.3 is 5.97 Å². The smallest absolute Gasteiger partial charge is 0.326 e. The Hall–Kier alpha value is -1.43. The first-order valence-corrected chi connectivity index (χ1v) is 5.21. The zero-order valence-electron chi connectivity index (χ0n) is 9.23. The van der Waals surface area contributed by atoms with E-state index >= 15 is 0 Å². The van der Waals surface area contributed by atoms with Gasteiger partial charge in [-0.1, -0.05) is 0 Å². The molecule has 1 heterocycles. The van der Waals surface area contributed by atoms with Crippen LogP contribution in [0.3, 0.4) is 0 Å². The number of esters is 1. The molecular weight excluding hydrogens is 214 g/mol. The van der Waals surface area contributed by atoms with Crippen molar-refractivity contribution in [1.82, 2.24) is 4.90 Å². The summed E-state index contributed by atoms with van der Waals surface area (Å²) in [4.78, 5) is 34.5. The Kier molecular flexibility index (Phi) is 4.91. The van der Waals surface area contributed by atoms with Crippen LogP contribution in [0, 0.1) is 0 Å². The monoisotopic (exact) mass is 229 g/mol. The maximum atomic E-state index is 11.2. The number of likely N-dealkylation sites (tertiary alicyclic amines) is 1. The summed E-state index contributed by atoms with van der Waals surface area (Å²) in [5, 5.41) is 0. The summed E-state index contributed by atoms with van der Waals surface area (Å²) >= 11 is 0. The molecule has 0 spiro atoms. The second kappa shape index (κ2) is 6.22. The van der Waals surface area contributed by atoms with Crippen molar-refractivity contribution in [3.63, 3.8) is 0 Å². The number of amides is 2. The lowest BCUT2D eigenvalue weighted by Gasteiger charge is -2.12. The van der Waals surface area contributed by atoms with E-state index in [2.05, 4.69) is 0 Å². The highest BCUT2D eigenvalue weighted by atomic mass is 16.6. The van der Waals surface area contributed by atoms with Gasteiger partial charge in [0, 0.05) is 19.4 Å². The van der Waals surface area contributed by atoms with Crippen molar-refractivity contribution >= 4 is 17.8 Å². The van der Waals surface area contributed by atoms with E-state index in [1.807, 2.05) is 6.92 Å². The molecule has 6 heteroatoms. The molecule has 6 nitrogen and oxygen atoms in total. The second-order valence-electron chi connectivity index (χ2n) is 3.29. The molecule has 0 aromatic rings. The average Bonchev–Trinajstić information content (AvgIpc) is 2.56. The number of carbonyl (C=O) groups excluding carboxylic acids is 3. The summed E-state index contributed by atoms with van der Waals surface area (Å²) in [5.74, 6) is -1.21. The van der Waals surface area contributed by atoms with E-state index in [-0.39, 0.29) is 37.8 Å². The lowest BCUT2D eigenvalue weighted by Crippen LogP contribution is -2.35. The molecule has 1 aliphatic heterocycles. The van der Waals surface area contributed by atoms with Gasteiger partial charge in [0.05, 0.1) is 6.61 Å². The van der Waals surface area contributed by atoms with Gasteiger partial charge in [0.15, 0.2) is 0 Å². The van der Waals surface area contributed by atoms with Gasteiger partial charge in [-0.15, -0.1) is 0 Å². The lowest BCUT2D eigenvalue weighted by atomic mass is 10.4. The van der Waals surface area contributed by atoms with E-state index in [1.165, 1.54) is 0 Å². The maximum Gasteiger partial charge on any atom is 0.326 e. The van der Waals surface area contributed by atoms with Crippen molar-refractivity contribution in [3.8, 4) is 0 Å². The first kappa shape index (κ1) is 12.6. The van der Waals surface area contributed by atoms with Gasteiger partial charge in [-0.05, 0) is 6.92 Å². The van der Waals surface area contributed by atoms with Crippen LogP contribution in [0.1, 0.15) is 19.8 Å². The first-order valence-electron chi connectivity index (χ1n) is 5.21. The lowest BCUT2D eigenvalue weighted by molar-refractivity contribution is -0.153. The Morgan fingerprint density at radius 3 is 2.44 bits per heavy atom. The molecule has 0 atom stereocenters. The fourth-order valence-electron chi connectivity index (χ4n) is 1.33. The first-order chi connectivity index (χ1) is 7.65. The second-order valence-corrected chi connectivity index (χ2v) is 3.29. The topological polar surface area (TPSA) is 72.9 Å². The van der Waals surface area contributed by atoms with Crippen LogP contribution >= 0.6 is 0 Å². The van der Waals surface area contributed by atoms with Gasteiger partial charge in [0.25, 0.3) is 0 Å². The van der Waals surface area contributed by atoms with Gasteiger partial charge in [-0.2, -0.15) is 0 Å². The van der Waals surface area contributed by atoms with Crippen molar-refractivity contribution in [2.45, 2.75) is 19.8 Å². The van der Waals surface area contributed by atoms with E-state index < -0.39 is 5.97 Å². The van der Waals surface area contributed by atoms with Crippen molar-refractivity contribution < 1.29 is 23.9 Å². The third kappa shape index (κ3) is 3.62. The van der Waals surface area contributed by atoms with Gasteiger partial charge in [-0.25, -0.2) is 0 Å². The summed E-state index contributed by atoms with van der Waals surface area (Å²) in [6, 6.07) is 0. The molecule has 1 saturated heterocycles. The maximum absolute atomic E-state index is 11.2. The molecule has 0 saturated carbocycles. The fourth-order valence-corrected chi connectivity index (χ4v) is 1.33. The number of carbonyl (C=O) groups is 3. The number of rotatable bonds is 6. The molecule has 90 valence electrons. The van der Waals surface area contributed by atoms with Gasteiger partial charge in [-0.3, -0.25) is 19.3 Å². The SMILES string of the molecule is CCOCCOC(=O)CN1C(=O)CCC1=O. The molecule has 0 aromatic carbocycles. The normalized spacial score (nSPS) is 15.7. The van der Waals surface area contributed by atoms with E-state index in [4.69, 9.17) is 9.47 Å². The average molecular weight is 229 g/mol. The van der Waals surface area contributed by atoms with Crippen molar-refractivity contribution in [2.75, 3.05) is 26.4 Å². The molecule has 1 fully saturated rings. The minimum absolute atomic E-state index is 0.142. The highest BCUT2D eigenvalue weighted by molar-refractivity contribution is 6.04. The predicted molar refractivity (Wildman–Crippen MR) is 53.4 cm³/mol. The summed E-state index contributed by atoms with van der Waals surface area (Å²) in [7, 11) is 0. The number of nitrogens with zero attached hydrogens (tertiary/aromatic N) is 1. The van der Waals surface area contributed by atoms with Crippen LogP contribution in [0.5, 0.6) is 0 Å². The molecule has 0 aliphatic carbocycles. The Balaban J connectivity index is 2.23. The van der Waals surface area contributed by atoms with Crippen LogP contribution < -0.4 is 0 Å². The van der Waals surface area contributed by atoms with Crippen LogP contribution in [0.2, 0.25) is 0 Å². The predicted octanol–water partition coefficient (Wildman–Crippen LogP) is -0.285. The summed E-state index contributed by atoms with van der Waals surface area (Å²) in [6.45, 7) is 2.57. The molecule has 2 amide bonds. The number of ether oxygens (including phenoxy) is 2. The molecule has 0 radical (unpaired) electrons. The minimum Gasteiger partial charge on any atom is -0.462 e. The van der Waals surface area contributed by atoms with Crippen molar-refractivity contribution in [1.29, 1.82) is 0 Å². The van der Waals surface area contributed by atoms with Gasteiger partial charge in [0.2, 0.25) is 11.8 Å². The quantitative estimate of drug-likeness (QED) is 0.355. The third-order valence-electron chi connectivity index (χ3n) is 2.14. The summed E-state index contributed by atoms with van der Waals surface area (Å²) in [5.41, 5.74) is 0. The Morgan fingerprint density at radius 2 is 1.88 bits per heavy atom. The Labute approximate surface area is 93.5 Å². The molecule has 16 heavy (non-hydrogen) atoms. The highest BCUT2D eigenvalue weighted by Crippen LogP contribution is 2.10. The minimum atomic E-state index is -0.580. The van der Waals surface area contributed by atoms with E-state index in [1.54, 1.807) is 0 Å². The summed E-state index contributed by atoms with van der Waals surface area (Å²) < 4.78 is 9.76. The number of hydrogen-bond acceptors (Lipinski definition) is 5. The zero-order valence-corrected chi connectivity index (χ0v) is 9.23. The van der Waals surface area contributed by atoms with Crippen LogP contribution in [-0.2, 0) is 23.9 Å². The van der Waals surface area contributed by atoms with Crippen LogP contribution in [0.25, 0.3) is 0 Å². The highest BCUT2D eigenvalue weighted by Gasteiger charge is 2.30. The molecule has 0 N–H and O–H groups in total. The molecule has 0 aromatic heterocycles. The van der Waals surface area contributed by atoms with E-state index in [0.717, 1.165) is 4.90 Å². The Morgan fingerprint density at radius 1 is 1.25 bits per heavy atom. The largest absolute Gasteiger partial charge is 0.462 e. The Bertz CT molecular complexity index is 273. The van der Waals surface area contributed by atoms with Gasteiger partial charge in [0.1, 0.15) is 13.2 Å². The molecule has 1 aliphatic rings. The van der Waals surface area contributed by atoms with Crippen LogP contribution in [-0.4, -0.2) is 49.0 Å².